The fourth-order valence-electron chi connectivity index (χ4n) is 6.83. The summed E-state index contributed by atoms with van der Waals surface area (Å²) in [7, 11) is 0. The molecule has 1 unspecified atom stereocenters. The first kappa shape index (κ1) is 18.1. The lowest BCUT2D eigenvalue weighted by molar-refractivity contribution is -0.162. The molecule has 5 fully saturated rings. The highest BCUT2D eigenvalue weighted by Crippen LogP contribution is 2.60. The van der Waals surface area contributed by atoms with E-state index in [-0.39, 0.29) is 17.4 Å². The number of hydrogen-bond donors (Lipinski definition) is 0. The minimum absolute atomic E-state index is 0.131. The van der Waals surface area contributed by atoms with Crippen molar-refractivity contribution < 1.29 is 9.59 Å². The molecular weight excluding hydrogens is 324 g/mol. The summed E-state index contributed by atoms with van der Waals surface area (Å²) in [5, 5.41) is 0. The van der Waals surface area contributed by atoms with Gasteiger partial charge in [0.05, 0.1) is 5.41 Å². The number of amides is 2. The molecule has 2 amide bonds. The van der Waals surface area contributed by atoms with Gasteiger partial charge in [-0.25, -0.2) is 0 Å². The molecule has 1 atom stereocenters. The second kappa shape index (κ2) is 6.69. The standard InChI is InChI=1S/C22H34N2O2/c1-4-23(14-15(2)3)20(25)19-6-5-7-24(19)21(26)22-11-16-8-17(12-22)10-18(9-16)13-22/h16-19H,2,4-14H2,1,3H3. The van der Waals surface area contributed by atoms with Crippen LogP contribution in [0.15, 0.2) is 12.2 Å². The minimum Gasteiger partial charge on any atom is -0.337 e. The Morgan fingerprint density at radius 2 is 1.69 bits per heavy atom. The molecule has 144 valence electrons. The molecule has 0 aromatic rings. The van der Waals surface area contributed by atoms with Crippen molar-refractivity contribution in [2.45, 2.75) is 71.3 Å². The van der Waals surface area contributed by atoms with Crippen molar-refractivity contribution >= 4 is 11.8 Å². The summed E-state index contributed by atoms with van der Waals surface area (Å²) in [6, 6.07) is -0.241. The lowest BCUT2D eigenvalue weighted by atomic mass is 9.49. The van der Waals surface area contributed by atoms with Gasteiger partial charge in [-0.15, -0.1) is 0 Å². The zero-order valence-electron chi connectivity index (χ0n) is 16.5. The van der Waals surface area contributed by atoms with Gasteiger partial charge in [0.1, 0.15) is 6.04 Å². The van der Waals surface area contributed by atoms with E-state index in [0.29, 0.717) is 19.0 Å². The Balaban J connectivity index is 1.52. The Bertz CT molecular complexity index is 576. The molecule has 5 rings (SSSR count). The predicted octanol–water partition coefficient (Wildman–Crippen LogP) is 3.62. The molecule has 1 aliphatic heterocycles. The summed E-state index contributed by atoms with van der Waals surface area (Å²) < 4.78 is 0. The van der Waals surface area contributed by atoms with Crippen molar-refractivity contribution in [1.29, 1.82) is 0 Å². The van der Waals surface area contributed by atoms with Gasteiger partial charge in [0, 0.05) is 19.6 Å². The van der Waals surface area contributed by atoms with Crippen molar-refractivity contribution in [3.8, 4) is 0 Å². The lowest BCUT2D eigenvalue weighted by Gasteiger charge is -2.56. The Hall–Kier alpha value is -1.32. The van der Waals surface area contributed by atoms with Crippen LogP contribution in [0.3, 0.4) is 0 Å². The largest absolute Gasteiger partial charge is 0.337 e. The molecule has 0 spiro atoms. The average molecular weight is 359 g/mol. The van der Waals surface area contributed by atoms with Gasteiger partial charge in [-0.3, -0.25) is 9.59 Å². The van der Waals surface area contributed by atoms with Gasteiger partial charge in [0.25, 0.3) is 0 Å². The molecule has 4 nitrogen and oxygen atoms in total. The molecule has 0 aromatic heterocycles. The molecule has 0 radical (unpaired) electrons. The summed E-state index contributed by atoms with van der Waals surface area (Å²) in [4.78, 5) is 30.7. The van der Waals surface area contributed by atoms with Crippen LogP contribution in [-0.4, -0.2) is 47.3 Å². The lowest BCUT2D eigenvalue weighted by Crippen LogP contribution is -2.57. The first-order valence-corrected chi connectivity index (χ1v) is 10.7. The minimum atomic E-state index is -0.241. The first-order valence-electron chi connectivity index (χ1n) is 10.7. The molecule has 5 aliphatic rings. The van der Waals surface area contributed by atoms with E-state index in [1.807, 2.05) is 23.6 Å². The van der Waals surface area contributed by atoms with Crippen LogP contribution in [0.2, 0.25) is 0 Å². The first-order chi connectivity index (χ1) is 12.4. The maximum Gasteiger partial charge on any atom is 0.245 e. The summed E-state index contributed by atoms with van der Waals surface area (Å²) in [5.41, 5.74) is 0.861. The number of hydrogen-bond acceptors (Lipinski definition) is 2. The fraction of sp³-hybridized carbons (Fsp3) is 0.818. The van der Waals surface area contributed by atoms with E-state index in [1.165, 1.54) is 19.3 Å². The highest BCUT2D eigenvalue weighted by Gasteiger charge is 2.56. The molecule has 1 saturated heterocycles. The molecule has 0 aromatic carbocycles. The second-order valence-electron chi connectivity index (χ2n) is 9.66. The van der Waals surface area contributed by atoms with E-state index < -0.39 is 0 Å². The predicted molar refractivity (Wildman–Crippen MR) is 102 cm³/mol. The van der Waals surface area contributed by atoms with Crippen LogP contribution in [-0.2, 0) is 9.59 Å². The third kappa shape index (κ3) is 2.99. The van der Waals surface area contributed by atoms with E-state index in [1.54, 1.807) is 0 Å². The fourth-order valence-corrected chi connectivity index (χ4v) is 6.83. The van der Waals surface area contributed by atoms with E-state index >= 15 is 0 Å². The quantitative estimate of drug-likeness (QED) is 0.704. The van der Waals surface area contributed by atoms with Crippen molar-refractivity contribution in [1.82, 2.24) is 9.80 Å². The average Bonchev–Trinajstić information content (AvgIpc) is 3.06. The van der Waals surface area contributed by atoms with Crippen molar-refractivity contribution in [3.63, 3.8) is 0 Å². The zero-order chi connectivity index (χ0) is 18.5. The highest BCUT2D eigenvalue weighted by molar-refractivity contribution is 5.91. The summed E-state index contributed by atoms with van der Waals surface area (Å²) in [6.45, 7) is 9.98. The number of likely N-dealkylation sites (tertiary alicyclic amines) is 1. The monoisotopic (exact) mass is 358 g/mol. The van der Waals surface area contributed by atoms with Crippen molar-refractivity contribution in [2.24, 2.45) is 23.2 Å². The normalized spacial score (nSPS) is 37.8. The topological polar surface area (TPSA) is 40.6 Å². The number of rotatable bonds is 5. The number of carbonyl (C=O) groups excluding carboxylic acids is 2. The Labute approximate surface area is 158 Å². The molecular formula is C22H34N2O2. The molecule has 4 saturated carbocycles. The van der Waals surface area contributed by atoms with Gasteiger partial charge >= 0.3 is 0 Å². The molecule has 4 aliphatic carbocycles. The Morgan fingerprint density at radius 1 is 1.12 bits per heavy atom. The van der Waals surface area contributed by atoms with Crippen LogP contribution < -0.4 is 0 Å². The van der Waals surface area contributed by atoms with E-state index in [2.05, 4.69) is 6.58 Å². The van der Waals surface area contributed by atoms with Crippen LogP contribution in [0.5, 0.6) is 0 Å². The van der Waals surface area contributed by atoms with Gasteiger partial charge in [-0.05, 0) is 83.0 Å². The summed E-state index contributed by atoms with van der Waals surface area (Å²) in [6.07, 6.45) is 9.06. The Kier molecular flexibility index (Phi) is 4.65. The van der Waals surface area contributed by atoms with Crippen LogP contribution in [0.4, 0.5) is 0 Å². The summed E-state index contributed by atoms with van der Waals surface area (Å²) >= 11 is 0. The number of carbonyl (C=O) groups is 2. The van der Waals surface area contributed by atoms with Gasteiger partial charge in [0.2, 0.25) is 11.8 Å². The van der Waals surface area contributed by atoms with Gasteiger partial charge in [0.15, 0.2) is 0 Å². The molecule has 1 heterocycles. The maximum absolute atomic E-state index is 13.7. The van der Waals surface area contributed by atoms with Crippen LogP contribution in [0.1, 0.15) is 65.2 Å². The van der Waals surface area contributed by atoms with E-state index in [9.17, 15) is 9.59 Å². The highest BCUT2D eigenvalue weighted by atomic mass is 16.2. The van der Waals surface area contributed by atoms with Crippen molar-refractivity contribution in [2.75, 3.05) is 19.6 Å². The zero-order valence-corrected chi connectivity index (χ0v) is 16.5. The smallest absolute Gasteiger partial charge is 0.245 e. The van der Waals surface area contributed by atoms with Crippen LogP contribution >= 0.6 is 0 Å². The van der Waals surface area contributed by atoms with Gasteiger partial charge < -0.3 is 9.80 Å². The van der Waals surface area contributed by atoms with Gasteiger partial charge in [-0.1, -0.05) is 12.2 Å². The molecule has 4 heteroatoms. The summed E-state index contributed by atoms with van der Waals surface area (Å²) in [5.74, 6) is 2.73. The second-order valence-corrected chi connectivity index (χ2v) is 9.66. The van der Waals surface area contributed by atoms with E-state index in [0.717, 1.165) is 62.0 Å². The van der Waals surface area contributed by atoms with Crippen LogP contribution in [0.25, 0.3) is 0 Å². The number of likely N-dealkylation sites (N-methyl/N-ethyl adjacent to an activating group) is 1. The molecule has 26 heavy (non-hydrogen) atoms. The molecule has 0 N–H and O–H groups in total. The Morgan fingerprint density at radius 3 is 2.19 bits per heavy atom. The number of nitrogens with zero attached hydrogens (tertiary/aromatic N) is 2. The van der Waals surface area contributed by atoms with Crippen molar-refractivity contribution in [3.05, 3.63) is 12.2 Å². The third-order valence-electron chi connectivity index (χ3n) is 7.44. The maximum atomic E-state index is 13.7. The van der Waals surface area contributed by atoms with E-state index in [4.69, 9.17) is 0 Å². The van der Waals surface area contributed by atoms with Gasteiger partial charge in [-0.2, -0.15) is 0 Å². The SMILES string of the molecule is C=C(C)CN(CC)C(=O)C1CCCN1C(=O)C12CC3CC(CC(C3)C1)C2. The van der Waals surface area contributed by atoms with Crippen LogP contribution in [0, 0.1) is 23.2 Å². The molecule has 4 bridgehead atoms. The third-order valence-corrected chi connectivity index (χ3v) is 7.44.